The van der Waals surface area contributed by atoms with Crippen LogP contribution in [0, 0.1) is 0 Å². The van der Waals surface area contributed by atoms with Gasteiger partial charge in [0.05, 0.1) is 13.0 Å². The summed E-state index contributed by atoms with van der Waals surface area (Å²) in [4.78, 5) is 25.5. The fourth-order valence-electron chi connectivity index (χ4n) is 2.47. The van der Waals surface area contributed by atoms with Crippen molar-refractivity contribution in [3.63, 3.8) is 0 Å². The third kappa shape index (κ3) is 3.85. The topological polar surface area (TPSA) is 55.8 Å². The van der Waals surface area contributed by atoms with Crippen LogP contribution in [-0.4, -0.2) is 44.1 Å². The maximum atomic E-state index is 12.3. The Morgan fingerprint density at radius 1 is 1.00 bits per heavy atom. The van der Waals surface area contributed by atoms with Crippen LogP contribution in [0.3, 0.4) is 0 Å². The van der Waals surface area contributed by atoms with Gasteiger partial charge in [0.15, 0.2) is 6.10 Å². The molecule has 0 radical (unpaired) electrons. The third-order valence-electron chi connectivity index (χ3n) is 4.01. The van der Waals surface area contributed by atoms with E-state index in [9.17, 15) is 9.59 Å². The lowest BCUT2D eigenvalue weighted by Gasteiger charge is -2.19. The largest absolute Gasteiger partial charge is 0.497 e. The van der Waals surface area contributed by atoms with Gasteiger partial charge in [-0.15, -0.1) is 0 Å². The lowest BCUT2D eigenvalue weighted by Crippen LogP contribution is -2.35. The van der Waals surface area contributed by atoms with Crippen molar-refractivity contribution in [3.8, 4) is 5.75 Å². The molecule has 0 spiro atoms. The summed E-state index contributed by atoms with van der Waals surface area (Å²) in [6, 6.07) is 11.6. The number of methoxy groups -OCH3 is 1. The van der Waals surface area contributed by atoms with Crippen molar-refractivity contribution in [2.45, 2.75) is 25.9 Å². The predicted molar refractivity (Wildman–Crippen MR) is 93.2 cm³/mol. The summed E-state index contributed by atoms with van der Waals surface area (Å²) >= 11 is 0. The molecule has 0 bridgehead atoms. The van der Waals surface area contributed by atoms with Gasteiger partial charge in [-0.3, -0.25) is 9.59 Å². The minimum absolute atomic E-state index is 0.235. The maximum Gasteiger partial charge on any atom is 0.313 e. The van der Waals surface area contributed by atoms with Gasteiger partial charge >= 0.3 is 5.97 Å². The second-order valence-corrected chi connectivity index (χ2v) is 6.01. The molecule has 0 fully saturated rings. The molecular weight excluding hydrogens is 306 g/mol. The second-order valence-electron chi connectivity index (χ2n) is 6.01. The minimum Gasteiger partial charge on any atom is -0.497 e. The normalized spacial score (nSPS) is 13.2. The molecule has 2 rings (SSSR count). The SMILES string of the molecule is COc1ccc2cc([C@H](C)C(=O)O[C@H](C)C(=O)N(C)C)ccc2c1. The number of rotatable bonds is 5. The van der Waals surface area contributed by atoms with Gasteiger partial charge < -0.3 is 14.4 Å². The number of benzene rings is 2. The Balaban J connectivity index is 2.16. The van der Waals surface area contributed by atoms with Crippen molar-refractivity contribution >= 4 is 22.6 Å². The molecule has 128 valence electrons. The number of ether oxygens (including phenoxy) is 2. The Hall–Kier alpha value is -2.56. The Bertz CT molecular complexity index is 754. The van der Waals surface area contributed by atoms with Crippen molar-refractivity contribution in [1.29, 1.82) is 0 Å². The van der Waals surface area contributed by atoms with Crippen LogP contribution in [0.5, 0.6) is 5.75 Å². The number of hydrogen-bond acceptors (Lipinski definition) is 4. The van der Waals surface area contributed by atoms with Crippen molar-refractivity contribution in [2.24, 2.45) is 0 Å². The van der Waals surface area contributed by atoms with E-state index in [1.807, 2.05) is 36.4 Å². The molecule has 2 aromatic rings. The molecule has 0 aliphatic heterocycles. The van der Waals surface area contributed by atoms with Crippen molar-refractivity contribution in [2.75, 3.05) is 21.2 Å². The highest BCUT2D eigenvalue weighted by Gasteiger charge is 2.24. The average molecular weight is 329 g/mol. The Morgan fingerprint density at radius 2 is 1.62 bits per heavy atom. The van der Waals surface area contributed by atoms with Crippen LogP contribution >= 0.6 is 0 Å². The van der Waals surface area contributed by atoms with Gasteiger partial charge in [0.25, 0.3) is 5.91 Å². The van der Waals surface area contributed by atoms with E-state index in [0.29, 0.717) is 0 Å². The number of carbonyl (C=O) groups excluding carboxylic acids is 2. The number of esters is 1. The molecule has 0 unspecified atom stereocenters. The zero-order valence-electron chi connectivity index (χ0n) is 14.7. The number of nitrogens with zero attached hydrogens (tertiary/aromatic N) is 1. The van der Waals surface area contributed by atoms with Gasteiger partial charge in [-0.25, -0.2) is 0 Å². The molecule has 0 aliphatic carbocycles. The van der Waals surface area contributed by atoms with Crippen LogP contribution in [0.25, 0.3) is 10.8 Å². The fourth-order valence-corrected chi connectivity index (χ4v) is 2.47. The number of likely N-dealkylation sites (N-methyl/N-ethyl adjacent to an activating group) is 1. The highest BCUT2D eigenvalue weighted by Crippen LogP contribution is 2.26. The summed E-state index contributed by atoms with van der Waals surface area (Å²) < 4.78 is 10.5. The molecule has 0 aromatic heterocycles. The maximum absolute atomic E-state index is 12.3. The highest BCUT2D eigenvalue weighted by molar-refractivity contribution is 5.88. The second kappa shape index (κ2) is 7.34. The third-order valence-corrected chi connectivity index (χ3v) is 4.01. The van der Waals surface area contributed by atoms with E-state index >= 15 is 0 Å². The van der Waals surface area contributed by atoms with Gasteiger partial charge in [0.2, 0.25) is 0 Å². The molecule has 0 N–H and O–H groups in total. The van der Waals surface area contributed by atoms with Gasteiger partial charge in [-0.05, 0) is 42.3 Å². The first-order valence-electron chi connectivity index (χ1n) is 7.83. The van der Waals surface area contributed by atoms with Crippen molar-refractivity contribution in [3.05, 3.63) is 42.0 Å². The number of hydrogen-bond donors (Lipinski definition) is 0. The van der Waals surface area contributed by atoms with E-state index in [1.165, 1.54) is 4.90 Å². The van der Waals surface area contributed by atoms with Crippen LogP contribution in [-0.2, 0) is 14.3 Å². The molecular formula is C19H23NO4. The monoisotopic (exact) mass is 329 g/mol. The summed E-state index contributed by atoms with van der Waals surface area (Å²) in [5, 5.41) is 2.06. The molecule has 1 amide bonds. The first-order chi connectivity index (χ1) is 11.3. The number of fused-ring (bicyclic) bond motifs is 1. The van der Waals surface area contributed by atoms with Gasteiger partial charge in [-0.1, -0.05) is 24.3 Å². The van der Waals surface area contributed by atoms with E-state index < -0.39 is 18.0 Å². The summed E-state index contributed by atoms with van der Waals surface area (Å²) in [6.45, 7) is 3.36. The molecule has 5 heteroatoms. The van der Waals surface area contributed by atoms with E-state index in [4.69, 9.17) is 9.47 Å². The number of carbonyl (C=O) groups is 2. The molecule has 2 atom stereocenters. The zero-order chi connectivity index (χ0) is 17.9. The van der Waals surface area contributed by atoms with Crippen LogP contribution in [0.15, 0.2) is 36.4 Å². The van der Waals surface area contributed by atoms with Crippen molar-refractivity contribution in [1.82, 2.24) is 4.90 Å². The lowest BCUT2D eigenvalue weighted by molar-refractivity contribution is -0.158. The quantitative estimate of drug-likeness (QED) is 0.791. The molecule has 0 heterocycles. The fraction of sp³-hybridized carbons (Fsp3) is 0.368. The van der Waals surface area contributed by atoms with E-state index in [2.05, 4.69) is 0 Å². The van der Waals surface area contributed by atoms with E-state index in [0.717, 1.165) is 22.1 Å². The smallest absolute Gasteiger partial charge is 0.313 e. The molecule has 0 aliphatic rings. The molecule has 5 nitrogen and oxygen atoms in total. The summed E-state index contributed by atoms with van der Waals surface area (Å²) in [5.41, 5.74) is 0.849. The number of amides is 1. The van der Waals surface area contributed by atoms with Crippen LogP contribution in [0.4, 0.5) is 0 Å². The van der Waals surface area contributed by atoms with Crippen LogP contribution in [0.2, 0.25) is 0 Å². The molecule has 2 aromatic carbocycles. The first-order valence-corrected chi connectivity index (χ1v) is 7.83. The average Bonchev–Trinajstić information content (AvgIpc) is 2.58. The zero-order valence-corrected chi connectivity index (χ0v) is 14.7. The Labute approximate surface area is 142 Å². The van der Waals surface area contributed by atoms with Gasteiger partial charge in [-0.2, -0.15) is 0 Å². The highest BCUT2D eigenvalue weighted by atomic mass is 16.5. The summed E-state index contributed by atoms with van der Waals surface area (Å²) in [6.07, 6.45) is -0.792. The molecule has 0 saturated heterocycles. The Morgan fingerprint density at radius 3 is 2.25 bits per heavy atom. The first kappa shape index (κ1) is 17.8. The van der Waals surface area contributed by atoms with Gasteiger partial charge in [0, 0.05) is 14.1 Å². The van der Waals surface area contributed by atoms with Crippen LogP contribution < -0.4 is 4.74 Å². The summed E-state index contributed by atoms with van der Waals surface area (Å²) in [5.74, 6) is -0.306. The minimum atomic E-state index is -0.792. The van der Waals surface area contributed by atoms with E-state index in [-0.39, 0.29) is 5.91 Å². The molecule has 24 heavy (non-hydrogen) atoms. The van der Waals surface area contributed by atoms with Gasteiger partial charge in [0.1, 0.15) is 5.75 Å². The predicted octanol–water partition coefficient (Wildman–Crippen LogP) is 2.97. The van der Waals surface area contributed by atoms with Crippen LogP contribution in [0.1, 0.15) is 25.3 Å². The molecule has 0 saturated carbocycles. The lowest BCUT2D eigenvalue weighted by atomic mass is 9.98. The summed E-state index contributed by atoms with van der Waals surface area (Å²) in [7, 11) is 4.89. The van der Waals surface area contributed by atoms with E-state index in [1.54, 1.807) is 35.1 Å². The standard InChI is InChI=1S/C19H23NO4/c1-12(19(22)24-13(2)18(21)20(3)4)14-6-7-16-11-17(23-5)9-8-15(16)10-14/h6-13H,1-5H3/t12-,13+/m0/s1. The van der Waals surface area contributed by atoms with Crippen molar-refractivity contribution < 1.29 is 19.1 Å². The Kier molecular flexibility index (Phi) is 5.44.